The van der Waals surface area contributed by atoms with Gasteiger partial charge in [-0.3, -0.25) is 14.7 Å². The molecular formula is C20H23ClN2O. The standard InChI is InChI=1S/C20H23ClN2O/c21-17-3-1-2-16(9-17)18-22-4-5-23(18)19(24)20-10-13-6-14(11-20)8-15(7-13)12-20/h1-3,9,13-15H,4-8,10-12H2. The number of amidine groups is 1. The molecule has 0 saturated heterocycles. The minimum Gasteiger partial charge on any atom is -0.294 e. The number of hydrogen-bond donors (Lipinski definition) is 0. The van der Waals surface area contributed by atoms with Crippen molar-refractivity contribution >= 4 is 23.3 Å². The Labute approximate surface area is 148 Å². The van der Waals surface area contributed by atoms with Crippen LogP contribution in [0.15, 0.2) is 29.3 Å². The Kier molecular flexibility index (Phi) is 3.31. The zero-order valence-electron chi connectivity index (χ0n) is 13.9. The molecule has 0 unspecified atom stereocenters. The fraction of sp³-hybridized carbons (Fsp3) is 0.600. The van der Waals surface area contributed by atoms with Crippen molar-refractivity contribution in [2.45, 2.75) is 38.5 Å². The van der Waals surface area contributed by atoms with Crippen LogP contribution in [0.4, 0.5) is 0 Å². The van der Waals surface area contributed by atoms with Gasteiger partial charge in [0.05, 0.1) is 12.0 Å². The van der Waals surface area contributed by atoms with Gasteiger partial charge in [0.25, 0.3) is 0 Å². The summed E-state index contributed by atoms with van der Waals surface area (Å²) in [6.45, 7) is 1.43. The first-order chi connectivity index (χ1) is 11.6. The van der Waals surface area contributed by atoms with E-state index in [1.165, 1.54) is 19.3 Å². The van der Waals surface area contributed by atoms with E-state index in [1.54, 1.807) is 0 Å². The van der Waals surface area contributed by atoms with Crippen molar-refractivity contribution in [3.8, 4) is 0 Å². The highest BCUT2D eigenvalue weighted by atomic mass is 35.5. The summed E-state index contributed by atoms with van der Waals surface area (Å²) in [5.74, 6) is 3.54. The molecule has 4 fully saturated rings. The largest absolute Gasteiger partial charge is 0.294 e. The topological polar surface area (TPSA) is 32.7 Å². The summed E-state index contributed by atoms with van der Waals surface area (Å²) < 4.78 is 0. The second kappa shape index (κ2) is 5.32. The molecule has 4 bridgehead atoms. The van der Waals surface area contributed by atoms with Crippen molar-refractivity contribution in [2.24, 2.45) is 28.2 Å². The third-order valence-corrected chi connectivity index (χ3v) is 6.90. The van der Waals surface area contributed by atoms with Crippen molar-refractivity contribution in [3.05, 3.63) is 34.9 Å². The molecule has 24 heavy (non-hydrogen) atoms. The summed E-state index contributed by atoms with van der Waals surface area (Å²) >= 11 is 6.15. The van der Waals surface area contributed by atoms with Gasteiger partial charge in [0, 0.05) is 17.1 Å². The molecule has 126 valence electrons. The average Bonchev–Trinajstić information content (AvgIpc) is 3.02. The molecule has 0 N–H and O–H groups in total. The highest BCUT2D eigenvalue weighted by Gasteiger charge is 2.56. The van der Waals surface area contributed by atoms with Gasteiger partial charge in [0.2, 0.25) is 5.91 Å². The lowest BCUT2D eigenvalue weighted by molar-refractivity contribution is -0.153. The van der Waals surface area contributed by atoms with E-state index < -0.39 is 0 Å². The van der Waals surface area contributed by atoms with E-state index in [1.807, 2.05) is 29.2 Å². The summed E-state index contributed by atoms with van der Waals surface area (Å²) in [5, 5.41) is 0.698. The van der Waals surface area contributed by atoms with Gasteiger partial charge in [-0.25, -0.2) is 0 Å². The SMILES string of the molecule is O=C(N1CCN=C1c1cccc(Cl)c1)C12CC3CC(CC(C3)C1)C2. The van der Waals surface area contributed by atoms with Crippen LogP contribution in [0.1, 0.15) is 44.1 Å². The van der Waals surface area contributed by atoms with E-state index in [-0.39, 0.29) is 5.41 Å². The third-order valence-electron chi connectivity index (χ3n) is 6.66. The number of amides is 1. The van der Waals surface area contributed by atoms with Gasteiger partial charge in [-0.2, -0.15) is 0 Å². The molecule has 6 rings (SSSR count). The Bertz CT molecular complexity index is 691. The Hall–Kier alpha value is -1.35. The lowest BCUT2D eigenvalue weighted by atomic mass is 9.49. The van der Waals surface area contributed by atoms with Gasteiger partial charge in [-0.1, -0.05) is 23.7 Å². The number of nitrogens with zero attached hydrogens (tertiary/aromatic N) is 2. The molecule has 0 radical (unpaired) electrons. The van der Waals surface area contributed by atoms with Crippen molar-refractivity contribution < 1.29 is 4.79 Å². The predicted molar refractivity (Wildman–Crippen MR) is 95.2 cm³/mol. The maximum atomic E-state index is 13.6. The zero-order chi connectivity index (χ0) is 16.3. The second-order valence-corrected chi connectivity index (χ2v) is 8.81. The number of carbonyl (C=O) groups excluding carboxylic acids is 1. The van der Waals surface area contributed by atoms with Gasteiger partial charge in [0.1, 0.15) is 5.84 Å². The van der Waals surface area contributed by atoms with E-state index in [4.69, 9.17) is 11.6 Å². The molecule has 0 aromatic heterocycles. The van der Waals surface area contributed by atoms with Gasteiger partial charge < -0.3 is 0 Å². The van der Waals surface area contributed by atoms with Crippen molar-refractivity contribution in [1.29, 1.82) is 0 Å². The van der Waals surface area contributed by atoms with Crippen LogP contribution in [-0.4, -0.2) is 29.7 Å². The summed E-state index contributed by atoms with van der Waals surface area (Å²) in [5.41, 5.74) is 0.872. The van der Waals surface area contributed by atoms with Crippen LogP contribution < -0.4 is 0 Å². The number of carbonyl (C=O) groups is 1. The van der Waals surface area contributed by atoms with Crippen LogP contribution >= 0.6 is 11.6 Å². The van der Waals surface area contributed by atoms with Crippen LogP contribution in [-0.2, 0) is 4.79 Å². The molecule has 4 aliphatic carbocycles. The monoisotopic (exact) mass is 342 g/mol. The fourth-order valence-electron chi connectivity index (χ4n) is 6.18. The molecule has 1 aromatic carbocycles. The maximum absolute atomic E-state index is 13.6. The summed E-state index contributed by atoms with van der Waals surface area (Å²) in [4.78, 5) is 20.2. The fourth-order valence-corrected chi connectivity index (χ4v) is 6.37. The molecule has 1 heterocycles. The number of halogens is 1. The quantitative estimate of drug-likeness (QED) is 0.794. The van der Waals surface area contributed by atoms with Gasteiger partial charge >= 0.3 is 0 Å². The summed E-state index contributed by atoms with van der Waals surface area (Å²) in [7, 11) is 0. The number of rotatable bonds is 2. The molecule has 1 aliphatic heterocycles. The molecule has 4 saturated carbocycles. The molecule has 1 aromatic rings. The number of benzene rings is 1. The molecule has 1 amide bonds. The number of hydrogen-bond acceptors (Lipinski definition) is 2. The second-order valence-electron chi connectivity index (χ2n) is 8.37. The average molecular weight is 343 g/mol. The van der Waals surface area contributed by atoms with E-state index in [9.17, 15) is 4.79 Å². The van der Waals surface area contributed by atoms with Crippen molar-refractivity contribution in [1.82, 2.24) is 4.90 Å². The van der Waals surface area contributed by atoms with Crippen molar-refractivity contribution in [2.75, 3.05) is 13.1 Å². The highest BCUT2D eigenvalue weighted by molar-refractivity contribution is 6.31. The molecule has 0 spiro atoms. The third kappa shape index (κ3) is 2.24. The first-order valence-electron chi connectivity index (χ1n) is 9.25. The molecule has 0 atom stereocenters. The lowest BCUT2D eigenvalue weighted by Crippen LogP contribution is -2.55. The lowest BCUT2D eigenvalue weighted by Gasteiger charge is -2.56. The normalized spacial score (nSPS) is 37.0. The van der Waals surface area contributed by atoms with Crippen molar-refractivity contribution in [3.63, 3.8) is 0 Å². The molecule has 4 heteroatoms. The maximum Gasteiger partial charge on any atom is 0.234 e. The summed E-state index contributed by atoms with van der Waals surface area (Å²) in [6.07, 6.45) is 7.41. The van der Waals surface area contributed by atoms with Crippen LogP contribution in [0.2, 0.25) is 5.02 Å². The van der Waals surface area contributed by atoms with E-state index in [0.717, 1.165) is 55.0 Å². The molecule has 5 aliphatic rings. The van der Waals surface area contributed by atoms with E-state index in [2.05, 4.69) is 4.99 Å². The molecule has 3 nitrogen and oxygen atoms in total. The van der Waals surface area contributed by atoms with E-state index >= 15 is 0 Å². The van der Waals surface area contributed by atoms with Gasteiger partial charge in [0.15, 0.2) is 0 Å². The Morgan fingerprint density at radius 2 is 1.79 bits per heavy atom. The zero-order valence-corrected chi connectivity index (χ0v) is 14.6. The first-order valence-corrected chi connectivity index (χ1v) is 9.63. The van der Waals surface area contributed by atoms with Gasteiger partial charge in [-0.05, 0) is 68.4 Å². The van der Waals surface area contributed by atoms with Crippen LogP contribution in [0.25, 0.3) is 0 Å². The Morgan fingerprint density at radius 3 is 2.42 bits per heavy atom. The first kappa shape index (κ1) is 14.9. The van der Waals surface area contributed by atoms with Gasteiger partial charge in [-0.15, -0.1) is 0 Å². The smallest absolute Gasteiger partial charge is 0.234 e. The number of aliphatic imine (C=N–C) groups is 1. The predicted octanol–water partition coefficient (Wildman–Crippen LogP) is 4.15. The summed E-state index contributed by atoms with van der Waals surface area (Å²) in [6, 6.07) is 7.74. The molecular weight excluding hydrogens is 320 g/mol. The minimum absolute atomic E-state index is 0.0988. The van der Waals surface area contributed by atoms with Crippen LogP contribution in [0, 0.1) is 23.2 Å². The Balaban J connectivity index is 1.46. The minimum atomic E-state index is -0.0988. The Morgan fingerprint density at radius 1 is 1.12 bits per heavy atom. The van der Waals surface area contributed by atoms with Crippen LogP contribution in [0.5, 0.6) is 0 Å². The van der Waals surface area contributed by atoms with E-state index in [0.29, 0.717) is 17.5 Å². The van der Waals surface area contributed by atoms with Crippen LogP contribution in [0.3, 0.4) is 0 Å². The highest BCUT2D eigenvalue weighted by Crippen LogP contribution is 2.60.